The van der Waals surface area contributed by atoms with E-state index in [9.17, 15) is 4.79 Å². The Morgan fingerprint density at radius 3 is 2.57 bits per heavy atom. The van der Waals surface area contributed by atoms with E-state index in [2.05, 4.69) is 10.4 Å². The standard InChI is InChI=1S/C29H27N5O3/c1-36-25-12-5-10-23(18-25)28-27(21-34(32-28)20-22-8-3-2-4-9-22)29(35)31-24-11-6-13-26(19-24)37-17-16-33-15-7-14-30-33/h2-15,18-19,21H,16-17,20H2,1H3,(H,31,35). The maximum absolute atomic E-state index is 13.5. The van der Waals surface area contributed by atoms with Crippen LogP contribution >= 0.6 is 0 Å². The first kappa shape index (κ1) is 23.9. The van der Waals surface area contributed by atoms with Crippen molar-refractivity contribution in [2.75, 3.05) is 19.0 Å². The molecule has 0 aliphatic heterocycles. The fourth-order valence-electron chi connectivity index (χ4n) is 3.97. The Kier molecular flexibility index (Phi) is 7.26. The molecule has 1 N–H and O–H groups in total. The average Bonchev–Trinajstić information content (AvgIpc) is 3.60. The number of carbonyl (C=O) groups is 1. The number of rotatable bonds is 10. The van der Waals surface area contributed by atoms with E-state index in [4.69, 9.17) is 14.6 Å². The van der Waals surface area contributed by atoms with Gasteiger partial charge in [-0.3, -0.25) is 14.2 Å². The summed E-state index contributed by atoms with van der Waals surface area (Å²) in [5.74, 6) is 1.10. The minimum atomic E-state index is -0.258. The zero-order valence-electron chi connectivity index (χ0n) is 20.4. The number of carbonyl (C=O) groups excluding carboxylic acids is 1. The van der Waals surface area contributed by atoms with Crippen molar-refractivity contribution in [3.63, 3.8) is 0 Å². The summed E-state index contributed by atoms with van der Waals surface area (Å²) in [6.07, 6.45) is 5.40. The molecule has 0 unspecified atom stereocenters. The molecule has 2 aromatic heterocycles. The Labute approximate surface area is 215 Å². The molecule has 3 aromatic carbocycles. The highest BCUT2D eigenvalue weighted by atomic mass is 16.5. The van der Waals surface area contributed by atoms with Gasteiger partial charge < -0.3 is 14.8 Å². The molecule has 1 amide bonds. The van der Waals surface area contributed by atoms with Gasteiger partial charge in [0.25, 0.3) is 5.91 Å². The summed E-state index contributed by atoms with van der Waals surface area (Å²) >= 11 is 0. The first-order chi connectivity index (χ1) is 18.2. The Morgan fingerprint density at radius 1 is 0.919 bits per heavy atom. The Morgan fingerprint density at radius 2 is 1.76 bits per heavy atom. The zero-order valence-corrected chi connectivity index (χ0v) is 20.4. The van der Waals surface area contributed by atoms with Crippen LogP contribution in [0.15, 0.2) is 104 Å². The van der Waals surface area contributed by atoms with Crippen molar-refractivity contribution in [1.82, 2.24) is 19.6 Å². The van der Waals surface area contributed by atoms with Gasteiger partial charge in [0.2, 0.25) is 0 Å². The van der Waals surface area contributed by atoms with Gasteiger partial charge in [-0.25, -0.2) is 0 Å². The van der Waals surface area contributed by atoms with E-state index in [0.717, 1.165) is 11.1 Å². The summed E-state index contributed by atoms with van der Waals surface area (Å²) in [7, 11) is 1.62. The minimum absolute atomic E-state index is 0.258. The van der Waals surface area contributed by atoms with Crippen LogP contribution in [0.2, 0.25) is 0 Å². The smallest absolute Gasteiger partial charge is 0.259 e. The normalized spacial score (nSPS) is 10.7. The van der Waals surface area contributed by atoms with Crippen LogP contribution in [0.4, 0.5) is 5.69 Å². The van der Waals surface area contributed by atoms with Crippen molar-refractivity contribution in [1.29, 1.82) is 0 Å². The van der Waals surface area contributed by atoms with Crippen LogP contribution in [0.25, 0.3) is 11.3 Å². The molecular weight excluding hydrogens is 466 g/mol. The second-order valence-corrected chi connectivity index (χ2v) is 8.41. The number of methoxy groups -OCH3 is 1. The molecule has 0 radical (unpaired) electrons. The van der Waals surface area contributed by atoms with E-state index in [1.807, 2.05) is 85.1 Å². The number of anilines is 1. The Bertz CT molecular complexity index is 1460. The number of nitrogens with zero attached hydrogens (tertiary/aromatic N) is 4. The molecule has 2 heterocycles. The van der Waals surface area contributed by atoms with Gasteiger partial charge in [-0.2, -0.15) is 10.2 Å². The number of nitrogens with one attached hydrogen (secondary N) is 1. The van der Waals surface area contributed by atoms with Crippen molar-refractivity contribution >= 4 is 11.6 Å². The zero-order chi connectivity index (χ0) is 25.5. The lowest BCUT2D eigenvalue weighted by Crippen LogP contribution is -2.13. The Balaban J connectivity index is 1.36. The van der Waals surface area contributed by atoms with Crippen LogP contribution in [0, 0.1) is 0 Å². The van der Waals surface area contributed by atoms with Gasteiger partial charge in [0.15, 0.2) is 0 Å². The molecule has 8 nitrogen and oxygen atoms in total. The minimum Gasteiger partial charge on any atom is -0.497 e. The van der Waals surface area contributed by atoms with E-state index >= 15 is 0 Å². The average molecular weight is 494 g/mol. The highest BCUT2D eigenvalue weighted by Crippen LogP contribution is 2.27. The van der Waals surface area contributed by atoms with Crippen LogP contribution < -0.4 is 14.8 Å². The Hall–Kier alpha value is -4.85. The monoisotopic (exact) mass is 493 g/mol. The molecule has 0 aliphatic rings. The van der Waals surface area contributed by atoms with E-state index in [-0.39, 0.29) is 5.91 Å². The summed E-state index contributed by atoms with van der Waals surface area (Å²) in [4.78, 5) is 13.5. The number of aromatic nitrogens is 4. The first-order valence-electron chi connectivity index (χ1n) is 12.0. The maximum Gasteiger partial charge on any atom is 0.259 e. The lowest BCUT2D eigenvalue weighted by atomic mass is 10.1. The number of benzene rings is 3. The van der Waals surface area contributed by atoms with Crippen LogP contribution in [-0.4, -0.2) is 39.2 Å². The fraction of sp³-hybridized carbons (Fsp3) is 0.138. The molecule has 0 bridgehead atoms. The second-order valence-electron chi connectivity index (χ2n) is 8.41. The molecule has 0 saturated carbocycles. The first-order valence-corrected chi connectivity index (χ1v) is 12.0. The summed E-state index contributed by atoms with van der Waals surface area (Å²) in [5.41, 5.74) is 3.57. The lowest BCUT2D eigenvalue weighted by Gasteiger charge is -2.10. The van der Waals surface area contributed by atoms with Gasteiger partial charge in [-0.15, -0.1) is 0 Å². The van der Waals surface area contributed by atoms with Crippen LogP contribution in [0.1, 0.15) is 15.9 Å². The molecule has 37 heavy (non-hydrogen) atoms. The van der Waals surface area contributed by atoms with Crippen LogP contribution in [0.3, 0.4) is 0 Å². The topological polar surface area (TPSA) is 83.2 Å². The van der Waals surface area contributed by atoms with E-state index in [1.54, 1.807) is 34.9 Å². The van der Waals surface area contributed by atoms with Gasteiger partial charge in [0.1, 0.15) is 23.8 Å². The summed E-state index contributed by atoms with van der Waals surface area (Å²) in [6.45, 7) is 1.64. The number of amides is 1. The largest absolute Gasteiger partial charge is 0.497 e. The van der Waals surface area contributed by atoms with Crippen molar-refractivity contribution < 1.29 is 14.3 Å². The highest BCUT2D eigenvalue weighted by Gasteiger charge is 2.19. The van der Waals surface area contributed by atoms with Crippen molar-refractivity contribution in [3.05, 3.63) is 115 Å². The summed E-state index contributed by atoms with van der Waals surface area (Å²) < 4.78 is 14.8. The van der Waals surface area contributed by atoms with Gasteiger partial charge >= 0.3 is 0 Å². The van der Waals surface area contributed by atoms with Gasteiger partial charge in [-0.05, 0) is 35.9 Å². The lowest BCUT2D eigenvalue weighted by molar-refractivity contribution is 0.102. The van der Waals surface area contributed by atoms with E-state index < -0.39 is 0 Å². The third kappa shape index (κ3) is 6.05. The molecule has 0 atom stereocenters. The SMILES string of the molecule is COc1cccc(-c2nn(Cc3ccccc3)cc2C(=O)Nc2cccc(OCCn3cccn3)c2)c1. The molecule has 5 rings (SSSR count). The third-order valence-electron chi connectivity index (χ3n) is 5.78. The molecule has 186 valence electrons. The predicted molar refractivity (Wildman–Crippen MR) is 142 cm³/mol. The fourth-order valence-corrected chi connectivity index (χ4v) is 3.97. The molecule has 8 heteroatoms. The molecule has 0 spiro atoms. The molecule has 0 aliphatic carbocycles. The summed E-state index contributed by atoms with van der Waals surface area (Å²) in [6, 6.07) is 26.8. The van der Waals surface area contributed by atoms with Crippen molar-refractivity contribution in [2.24, 2.45) is 0 Å². The number of hydrogen-bond acceptors (Lipinski definition) is 5. The predicted octanol–water partition coefficient (Wildman–Crippen LogP) is 5.13. The molecule has 0 fully saturated rings. The van der Waals surface area contributed by atoms with Crippen LogP contribution in [-0.2, 0) is 13.1 Å². The third-order valence-corrected chi connectivity index (χ3v) is 5.78. The maximum atomic E-state index is 13.5. The van der Waals surface area contributed by atoms with Gasteiger partial charge in [0.05, 0.1) is 25.8 Å². The van der Waals surface area contributed by atoms with Crippen molar-refractivity contribution in [2.45, 2.75) is 13.1 Å². The quantitative estimate of drug-likeness (QED) is 0.291. The number of ether oxygens (including phenoxy) is 2. The van der Waals surface area contributed by atoms with Crippen LogP contribution in [0.5, 0.6) is 11.5 Å². The van der Waals surface area contributed by atoms with Crippen molar-refractivity contribution in [3.8, 4) is 22.8 Å². The molecular formula is C29H27N5O3. The van der Waals surface area contributed by atoms with E-state index in [0.29, 0.717) is 48.1 Å². The molecule has 0 saturated heterocycles. The molecule has 5 aromatic rings. The van der Waals surface area contributed by atoms with E-state index in [1.165, 1.54) is 0 Å². The highest BCUT2D eigenvalue weighted by molar-refractivity contribution is 6.08. The second kappa shape index (κ2) is 11.3. The van der Waals surface area contributed by atoms with Gasteiger partial charge in [0, 0.05) is 35.9 Å². The van der Waals surface area contributed by atoms with Gasteiger partial charge in [-0.1, -0.05) is 48.5 Å². The number of hydrogen-bond donors (Lipinski definition) is 1. The summed E-state index contributed by atoms with van der Waals surface area (Å²) in [5, 5.41) is 11.9.